The molecule has 2 N–H and O–H groups in total. The average molecular weight is 1140 g/mol. The molecule has 0 aromatic heterocycles. The molecule has 16 nitrogen and oxygen atoms in total. The summed E-state index contributed by atoms with van der Waals surface area (Å²) >= 11 is 12.9. The number of rotatable bonds is 16. The zero-order valence-electron chi connectivity index (χ0n) is 40.4. The molecule has 0 unspecified atom stereocenters. The first-order valence-electron chi connectivity index (χ1n) is 24.5. The highest BCUT2D eigenvalue weighted by atomic mass is 35.5. The van der Waals surface area contributed by atoms with Crippen LogP contribution in [-0.2, 0) is 39.6 Å². The molecule has 4 aromatic carbocycles. The van der Waals surface area contributed by atoms with Gasteiger partial charge in [0.05, 0.1) is 11.8 Å². The van der Waals surface area contributed by atoms with Gasteiger partial charge in [0, 0.05) is 123 Å². The van der Waals surface area contributed by atoms with Crippen LogP contribution < -0.4 is 20.4 Å². The third-order valence-corrected chi connectivity index (χ3v) is 18.7. The lowest BCUT2D eigenvalue weighted by Crippen LogP contribution is -2.54. The van der Waals surface area contributed by atoms with Crippen LogP contribution in [0.2, 0.25) is 10.0 Å². The predicted molar refractivity (Wildman–Crippen MR) is 269 cm³/mol. The zero-order valence-corrected chi connectivity index (χ0v) is 43.5. The Hall–Kier alpha value is -5.34. The third-order valence-electron chi connectivity index (χ3n) is 14.1. The molecule has 408 valence electrons. The molecular weight excluding hydrogens is 1090 g/mol. The molecule has 26 heteroatoms. The molecule has 0 spiro atoms. The topological polar surface area (TPSA) is 180 Å². The summed E-state index contributed by atoms with van der Waals surface area (Å²) in [7, 11) is -7.37. The molecule has 6 fully saturated rings. The van der Waals surface area contributed by atoms with Crippen LogP contribution >= 0.6 is 23.2 Å². The number of alkyl halides is 4. The average Bonchev–Trinajstić information content (AvgIpc) is 4.28. The minimum atomic E-state index is -3.68. The summed E-state index contributed by atoms with van der Waals surface area (Å²) in [6.07, 6.45) is -1.74. The van der Waals surface area contributed by atoms with Crippen LogP contribution in [-0.4, -0.2) is 134 Å². The number of hydrogen-bond acceptors (Lipinski definition) is 8. The normalized spacial score (nSPS) is 22.5. The number of carbonyl (C=O) groups is 4. The van der Waals surface area contributed by atoms with Gasteiger partial charge in [0.2, 0.25) is 23.6 Å². The van der Waals surface area contributed by atoms with E-state index in [0.717, 1.165) is 21.9 Å². The Morgan fingerprint density at radius 3 is 1.20 bits per heavy atom. The van der Waals surface area contributed by atoms with Gasteiger partial charge < -0.3 is 10.6 Å². The number of benzene rings is 4. The molecular formula is C50H52Cl2F6N8O8S2. The number of anilines is 2. The van der Waals surface area contributed by atoms with Gasteiger partial charge in [-0.1, -0.05) is 71.7 Å². The van der Waals surface area contributed by atoms with Gasteiger partial charge in [-0.2, -0.15) is 34.1 Å². The van der Waals surface area contributed by atoms with Crippen molar-refractivity contribution >= 4 is 78.6 Å². The highest BCUT2D eigenvalue weighted by molar-refractivity contribution is 7.87. The van der Waals surface area contributed by atoms with Crippen molar-refractivity contribution in [3.05, 3.63) is 130 Å². The molecule has 10 rings (SSSR count). The molecule has 2 aliphatic carbocycles. The summed E-state index contributed by atoms with van der Waals surface area (Å²) in [4.78, 5) is 57.6. The Morgan fingerprint density at radius 1 is 0.526 bits per heavy atom. The lowest BCUT2D eigenvalue weighted by atomic mass is 9.87. The van der Waals surface area contributed by atoms with Gasteiger partial charge in [-0.25, -0.2) is 26.3 Å². The highest BCUT2D eigenvalue weighted by Gasteiger charge is 2.51. The Balaban J connectivity index is 0.000000186. The van der Waals surface area contributed by atoms with Gasteiger partial charge in [0.1, 0.15) is 23.7 Å². The molecule has 4 aliphatic heterocycles. The van der Waals surface area contributed by atoms with E-state index in [1.54, 1.807) is 24.3 Å². The van der Waals surface area contributed by atoms with Crippen molar-refractivity contribution in [2.75, 3.05) is 62.2 Å². The van der Waals surface area contributed by atoms with E-state index < -0.39 is 129 Å². The predicted octanol–water partition coefficient (Wildman–Crippen LogP) is 6.70. The lowest BCUT2D eigenvalue weighted by Gasteiger charge is -2.38. The summed E-state index contributed by atoms with van der Waals surface area (Å²) in [6, 6.07) is 18.4. The Morgan fingerprint density at radius 2 is 0.882 bits per heavy atom. The molecule has 4 atom stereocenters. The van der Waals surface area contributed by atoms with E-state index in [9.17, 15) is 62.4 Å². The molecule has 0 radical (unpaired) electrons. The van der Waals surface area contributed by atoms with Crippen LogP contribution in [0.4, 0.5) is 37.7 Å². The number of halogens is 8. The van der Waals surface area contributed by atoms with E-state index >= 15 is 0 Å². The quantitative estimate of drug-likeness (QED) is 0.0920. The lowest BCUT2D eigenvalue weighted by molar-refractivity contribution is -0.133. The van der Waals surface area contributed by atoms with E-state index in [2.05, 4.69) is 10.6 Å². The second-order valence-corrected chi connectivity index (χ2v) is 24.3. The van der Waals surface area contributed by atoms with Crippen molar-refractivity contribution in [2.24, 2.45) is 11.8 Å². The fourth-order valence-corrected chi connectivity index (χ4v) is 13.5. The van der Waals surface area contributed by atoms with E-state index in [1.165, 1.54) is 77.9 Å². The van der Waals surface area contributed by atoms with Gasteiger partial charge in [-0.15, -0.1) is 0 Å². The van der Waals surface area contributed by atoms with Gasteiger partial charge >= 0.3 is 0 Å². The molecule has 4 aromatic rings. The molecule has 2 saturated carbocycles. The maximum atomic E-state index is 14.3. The maximum absolute atomic E-state index is 14.3. The SMILES string of the molecule is O=C(NC1CC(F)(F)C1)[C@@H](c1ccccc1Cl)N(C(=O)[C@H]1CCN(S(=O)(=O)N2CC2)C1)c1cccc(F)c1.O=C(NC1CC(F)(F)C1)[C@H](c1ccccc1Cl)N(C(=O)[C@H]1CCN(S(=O)(=O)N2CC2)C1)c1cccc(F)c1. The van der Waals surface area contributed by atoms with Crippen molar-refractivity contribution in [1.82, 2.24) is 27.9 Å². The van der Waals surface area contributed by atoms with Crippen molar-refractivity contribution in [3.8, 4) is 0 Å². The largest absolute Gasteiger partial charge is 0.351 e. The third kappa shape index (κ3) is 12.2. The number of nitrogens with one attached hydrogen (secondary N) is 2. The Bertz CT molecular complexity index is 2900. The Kier molecular flexibility index (Phi) is 15.9. The first-order valence-corrected chi connectivity index (χ1v) is 28.0. The summed E-state index contributed by atoms with van der Waals surface area (Å²) in [6.45, 7) is 1.70. The molecule has 6 aliphatic rings. The summed E-state index contributed by atoms with van der Waals surface area (Å²) in [5.41, 5.74) is 0.561. The second-order valence-electron chi connectivity index (χ2n) is 19.7. The number of hydrogen-bond donors (Lipinski definition) is 2. The fraction of sp³-hybridized carbons (Fsp3) is 0.440. The van der Waals surface area contributed by atoms with Gasteiger partial charge in [-0.05, 0) is 61.4 Å². The van der Waals surface area contributed by atoms with Gasteiger partial charge in [0.25, 0.3) is 32.3 Å². The van der Waals surface area contributed by atoms with Crippen LogP contribution in [0.5, 0.6) is 0 Å². The minimum absolute atomic E-state index is 0.0567. The summed E-state index contributed by atoms with van der Waals surface area (Å²) in [5.74, 6) is -11.4. The van der Waals surface area contributed by atoms with Crippen LogP contribution in [0.1, 0.15) is 61.7 Å². The van der Waals surface area contributed by atoms with Crippen molar-refractivity contribution < 1.29 is 62.4 Å². The molecule has 4 saturated heterocycles. The summed E-state index contributed by atoms with van der Waals surface area (Å²) < 4.78 is 138. The minimum Gasteiger partial charge on any atom is -0.351 e. The van der Waals surface area contributed by atoms with E-state index in [4.69, 9.17) is 23.2 Å². The number of carbonyl (C=O) groups excluding carboxylic acids is 4. The smallest absolute Gasteiger partial charge is 0.282 e. The monoisotopic (exact) mass is 1140 g/mol. The van der Waals surface area contributed by atoms with Crippen LogP contribution in [0, 0.1) is 23.5 Å². The number of nitrogens with zero attached hydrogens (tertiary/aromatic N) is 6. The maximum Gasteiger partial charge on any atom is 0.282 e. The van der Waals surface area contributed by atoms with Crippen molar-refractivity contribution in [2.45, 2.75) is 74.5 Å². The second kappa shape index (κ2) is 21.8. The zero-order chi connectivity index (χ0) is 54.5. The highest BCUT2D eigenvalue weighted by Crippen LogP contribution is 2.42. The molecule has 4 heterocycles. The molecule has 0 bridgehead atoms. The van der Waals surface area contributed by atoms with Crippen LogP contribution in [0.3, 0.4) is 0 Å². The van der Waals surface area contributed by atoms with E-state index in [1.807, 2.05) is 0 Å². The molecule has 76 heavy (non-hydrogen) atoms. The van der Waals surface area contributed by atoms with E-state index in [-0.39, 0.29) is 71.6 Å². The first kappa shape index (κ1) is 55.4. The summed E-state index contributed by atoms with van der Waals surface area (Å²) in [5, 5.41) is 5.47. The van der Waals surface area contributed by atoms with Crippen molar-refractivity contribution in [3.63, 3.8) is 0 Å². The molecule has 4 amide bonds. The fourth-order valence-electron chi connectivity index (χ4n) is 9.88. The number of amides is 4. The van der Waals surface area contributed by atoms with Gasteiger partial charge in [0.15, 0.2) is 0 Å². The first-order chi connectivity index (χ1) is 35.9. The van der Waals surface area contributed by atoms with Gasteiger partial charge in [-0.3, -0.25) is 29.0 Å². The Labute approximate surface area is 445 Å². The van der Waals surface area contributed by atoms with Crippen molar-refractivity contribution in [1.29, 1.82) is 0 Å². The van der Waals surface area contributed by atoms with E-state index in [0.29, 0.717) is 26.2 Å². The van der Waals surface area contributed by atoms with Crippen LogP contribution in [0.15, 0.2) is 97.1 Å². The standard InChI is InChI=1S/2C25H26ClF3N4O4S/c2*26-21-7-2-1-6-20(21)22(23(34)30-18-13-25(28,29)14-18)33(19-5-3-4-17(27)12-19)24(35)16-8-9-32(15-16)38(36,37)31-10-11-31/h2*1-7,12,16,18,22H,8-11,13-15H2,(H,30,34)/t16-,22+;16-,22-/m00/s1. The van der Waals surface area contributed by atoms with Crippen LogP contribution in [0.25, 0.3) is 0 Å².